The van der Waals surface area contributed by atoms with Crippen molar-refractivity contribution in [1.82, 2.24) is 4.72 Å². The first-order valence-corrected chi connectivity index (χ1v) is 9.50. The van der Waals surface area contributed by atoms with Gasteiger partial charge in [-0.3, -0.25) is 4.79 Å². The number of fused-ring (bicyclic) bond motifs is 2. The Bertz CT molecular complexity index is 1230. The summed E-state index contributed by atoms with van der Waals surface area (Å²) in [6.07, 6.45) is -0.295. The van der Waals surface area contributed by atoms with Gasteiger partial charge in [-0.25, -0.2) is 17.9 Å². The molecule has 0 aliphatic carbocycles. The number of carbonyl (C=O) groups is 1. The lowest BCUT2D eigenvalue weighted by atomic mass is 10.1. The highest BCUT2D eigenvalue weighted by Crippen LogP contribution is 2.31. The van der Waals surface area contributed by atoms with Crippen LogP contribution in [0.4, 0.5) is 0 Å². The van der Waals surface area contributed by atoms with E-state index in [1.807, 2.05) is 0 Å². The normalized spacial score (nSPS) is 12.0. The van der Waals surface area contributed by atoms with Crippen LogP contribution in [0.3, 0.4) is 0 Å². The molecule has 0 saturated carbocycles. The van der Waals surface area contributed by atoms with Gasteiger partial charge in [-0.1, -0.05) is 0 Å². The molecular weight excluding hydrogens is 374 g/mol. The second-order valence-electron chi connectivity index (χ2n) is 6.12. The van der Waals surface area contributed by atoms with Crippen LogP contribution in [0, 0.1) is 0 Å². The Morgan fingerprint density at radius 3 is 2.48 bits per heavy atom. The predicted molar refractivity (Wildman–Crippen MR) is 99.0 cm³/mol. The SMILES string of the molecule is CNS(=O)(=O)c1cc(OC(C)C)c2oc3ccc(C(=O)O)cc3c(=O)c2c1. The zero-order valence-corrected chi connectivity index (χ0v) is 15.6. The van der Waals surface area contributed by atoms with E-state index in [-0.39, 0.29) is 44.3 Å². The lowest BCUT2D eigenvalue weighted by Crippen LogP contribution is -2.19. The molecule has 3 aromatic rings. The number of carboxylic acids is 1. The van der Waals surface area contributed by atoms with Crippen LogP contribution in [0.15, 0.2) is 44.4 Å². The summed E-state index contributed by atoms with van der Waals surface area (Å²) in [6.45, 7) is 3.51. The van der Waals surface area contributed by atoms with Crippen molar-refractivity contribution in [3.8, 4) is 5.75 Å². The highest BCUT2D eigenvalue weighted by Gasteiger charge is 2.21. The minimum absolute atomic E-state index is 0.0167. The molecule has 0 unspecified atom stereocenters. The number of aromatic carboxylic acids is 1. The molecule has 9 heteroatoms. The molecule has 0 atom stereocenters. The zero-order valence-electron chi connectivity index (χ0n) is 14.8. The monoisotopic (exact) mass is 391 g/mol. The third-order valence-electron chi connectivity index (χ3n) is 3.90. The molecule has 0 aliphatic rings. The fraction of sp³-hybridized carbons (Fsp3) is 0.222. The molecule has 1 heterocycles. The summed E-state index contributed by atoms with van der Waals surface area (Å²) in [5.41, 5.74) is -0.349. The standard InChI is InChI=1S/C18H17NO7S/c1-9(2)25-15-8-11(27(23,24)19-3)7-13-16(20)12-6-10(18(21)22)4-5-14(12)26-17(13)15/h4-9,19H,1-3H3,(H,21,22). The quantitative estimate of drug-likeness (QED) is 0.640. The summed E-state index contributed by atoms with van der Waals surface area (Å²) in [5, 5.41) is 9.16. The van der Waals surface area contributed by atoms with Gasteiger partial charge in [0.1, 0.15) is 5.58 Å². The minimum Gasteiger partial charge on any atom is -0.487 e. The van der Waals surface area contributed by atoms with Gasteiger partial charge in [0.25, 0.3) is 0 Å². The number of ether oxygens (including phenoxy) is 1. The second-order valence-corrected chi connectivity index (χ2v) is 8.01. The van der Waals surface area contributed by atoms with Crippen molar-refractivity contribution in [2.45, 2.75) is 24.8 Å². The van der Waals surface area contributed by atoms with Crippen LogP contribution in [-0.2, 0) is 10.0 Å². The van der Waals surface area contributed by atoms with Gasteiger partial charge < -0.3 is 14.3 Å². The van der Waals surface area contributed by atoms with Crippen LogP contribution in [-0.4, -0.2) is 32.6 Å². The molecule has 0 radical (unpaired) electrons. The maximum atomic E-state index is 12.9. The number of rotatable bonds is 5. The van der Waals surface area contributed by atoms with Crippen molar-refractivity contribution in [1.29, 1.82) is 0 Å². The molecule has 3 rings (SSSR count). The Morgan fingerprint density at radius 2 is 1.89 bits per heavy atom. The molecule has 0 spiro atoms. The van der Waals surface area contributed by atoms with E-state index in [9.17, 15) is 18.0 Å². The molecule has 1 aromatic heterocycles. The smallest absolute Gasteiger partial charge is 0.335 e. The van der Waals surface area contributed by atoms with Gasteiger partial charge in [-0.05, 0) is 45.2 Å². The maximum absolute atomic E-state index is 12.9. The summed E-state index contributed by atoms with van der Waals surface area (Å²) >= 11 is 0. The van der Waals surface area contributed by atoms with Crippen LogP contribution in [0.5, 0.6) is 5.75 Å². The number of benzene rings is 2. The largest absolute Gasteiger partial charge is 0.487 e. The molecule has 2 aromatic carbocycles. The Morgan fingerprint density at radius 1 is 1.19 bits per heavy atom. The van der Waals surface area contributed by atoms with Crippen molar-refractivity contribution >= 4 is 37.9 Å². The van der Waals surface area contributed by atoms with E-state index in [4.69, 9.17) is 14.3 Å². The summed E-state index contributed by atoms with van der Waals surface area (Å²) in [6, 6.07) is 6.38. The molecule has 0 aliphatic heterocycles. The van der Waals surface area contributed by atoms with Gasteiger partial charge in [0.2, 0.25) is 15.5 Å². The van der Waals surface area contributed by atoms with E-state index in [0.29, 0.717) is 0 Å². The maximum Gasteiger partial charge on any atom is 0.335 e. The van der Waals surface area contributed by atoms with Crippen LogP contribution < -0.4 is 14.9 Å². The molecule has 0 bridgehead atoms. The molecule has 8 nitrogen and oxygen atoms in total. The number of hydrogen-bond donors (Lipinski definition) is 2. The minimum atomic E-state index is -3.84. The average Bonchev–Trinajstić information content (AvgIpc) is 2.61. The lowest BCUT2D eigenvalue weighted by Gasteiger charge is -2.14. The highest BCUT2D eigenvalue weighted by molar-refractivity contribution is 7.89. The van der Waals surface area contributed by atoms with Crippen LogP contribution in [0.2, 0.25) is 0 Å². The van der Waals surface area contributed by atoms with Crippen molar-refractivity contribution in [3.05, 3.63) is 46.1 Å². The zero-order chi connectivity index (χ0) is 19.9. The van der Waals surface area contributed by atoms with Crippen LogP contribution in [0.25, 0.3) is 21.9 Å². The van der Waals surface area contributed by atoms with Gasteiger partial charge >= 0.3 is 5.97 Å². The third kappa shape index (κ3) is 3.38. The van der Waals surface area contributed by atoms with E-state index in [0.717, 1.165) is 0 Å². The first-order chi connectivity index (χ1) is 12.6. The lowest BCUT2D eigenvalue weighted by molar-refractivity contribution is 0.0697. The summed E-state index contributed by atoms with van der Waals surface area (Å²) in [5.74, 6) is -1.08. The average molecular weight is 391 g/mol. The van der Waals surface area contributed by atoms with Crippen molar-refractivity contribution in [2.75, 3.05) is 7.05 Å². The van der Waals surface area contributed by atoms with Gasteiger partial charge in [-0.2, -0.15) is 0 Å². The van der Waals surface area contributed by atoms with E-state index in [1.165, 1.54) is 37.4 Å². The molecule has 0 fully saturated rings. The Kier molecular flexibility index (Phi) is 4.66. The van der Waals surface area contributed by atoms with E-state index < -0.39 is 21.4 Å². The van der Waals surface area contributed by atoms with Crippen LogP contribution >= 0.6 is 0 Å². The fourth-order valence-electron chi connectivity index (χ4n) is 2.65. The summed E-state index contributed by atoms with van der Waals surface area (Å²) < 4.78 is 38.1. The number of carboxylic acid groups (broad SMARTS) is 1. The second kappa shape index (κ2) is 6.67. The first kappa shape index (κ1) is 18.9. The Labute approximate surface area is 154 Å². The van der Waals surface area contributed by atoms with E-state index in [2.05, 4.69) is 4.72 Å². The van der Waals surface area contributed by atoms with Gasteiger partial charge in [-0.15, -0.1) is 0 Å². The van der Waals surface area contributed by atoms with E-state index in [1.54, 1.807) is 13.8 Å². The molecule has 27 heavy (non-hydrogen) atoms. The molecular formula is C18H17NO7S. The van der Waals surface area contributed by atoms with Crippen LogP contribution in [0.1, 0.15) is 24.2 Å². The fourth-order valence-corrected chi connectivity index (χ4v) is 3.42. The highest BCUT2D eigenvalue weighted by atomic mass is 32.2. The first-order valence-electron chi connectivity index (χ1n) is 8.02. The predicted octanol–water partition coefficient (Wildman–Crippen LogP) is 2.34. The summed E-state index contributed by atoms with van der Waals surface area (Å²) in [4.78, 5) is 24.0. The van der Waals surface area contributed by atoms with E-state index >= 15 is 0 Å². The Hall–Kier alpha value is -2.91. The topological polar surface area (TPSA) is 123 Å². The molecule has 0 saturated heterocycles. The van der Waals surface area contributed by atoms with Crippen molar-refractivity contribution < 1.29 is 27.5 Å². The van der Waals surface area contributed by atoms with Gasteiger partial charge in [0, 0.05) is 6.07 Å². The van der Waals surface area contributed by atoms with Gasteiger partial charge in [0.15, 0.2) is 11.3 Å². The van der Waals surface area contributed by atoms with Crippen molar-refractivity contribution in [3.63, 3.8) is 0 Å². The summed E-state index contributed by atoms with van der Waals surface area (Å²) in [7, 11) is -2.59. The third-order valence-corrected chi connectivity index (χ3v) is 5.29. The van der Waals surface area contributed by atoms with Crippen molar-refractivity contribution in [2.24, 2.45) is 0 Å². The molecule has 2 N–H and O–H groups in total. The number of hydrogen-bond acceptors (Lipinski definition) is 6. The number of sulfonamides is 1. The molecule has 0 amide bonds. The number of nitrogens with one attached hydrogen (secondary N) is 1. The Balaban J connectivity index is 2.46. The molecule has 142 valence electrons. The van der Waals surface area contributed by atoms with Gasteiger partial charge in [0.05, 0.1) is 27.3 Å².